The molecule has 0 atom stereocenters. The molecule has 0 radical (unpaired) electrons. The monoisotopic (exact) mass is 364 g/mol. The van der Waals surface area contributed by atoms with Crippen molar-refractivity contribution in [3.05, 3.63) is 56.3 Å². The summed E-state index contributed by atoms with van der Waals surface area (Å²) < 4.78 is 0.902. The number of aryl methyl sites for hydroxylation is 1. The van der Waals surface area contributed by atoms with E-state index in [9.17, 15) is 0 Å². The summed E-state index contributed by atoms with van der Waals surface area (Å²) in [6, 6.07) is 8.60. The summed E-state index contributed by atoms with van der Waals surface area (Å²) >= 11 is 6.98. The fourth-order valence-corrected chi connectivity index (χ4v) is 3.72. The lowest BCUT2D eigenvalue weighted by Gasteiger charge is -2.06. The number of pyridine rings is 1. The quantitative estimate of drug-likeness (QED) is 0.613. The van der Waals surface area contributed by atoms with Crippen LogP contribution in [0, 0.1) is 6.92 Å². The third-order valence-corrected chi connectivity index (χ3v) is 5.63. The first kappa shape index (κ1) is 13.8. The Morgan fingerprint density at radius 1 is 1.30 bits per heavy atom. The number of aromatic nitrogens is 1. The number of halogens is 1. The van der Waals surface area contributed by atoms with Crippen LogP contribution in [0.3, 0.4) is 0 Å². The van der Waals surface area contributed by atoms with Crippen LogP contribution in [-0.4, -0.2) is 4.98 Å². The third-order valence-electron chi connectivity index (χ3n) is 2.94. The molecule has 1 N–H and O–H groups in total. The van der Waals surface area contributed by atoms with Crippen molar-refractivity contribution >= 4 is 44.3 Å². The van der Waals surface area contributed by atoms with E-state index in [2.05, 4.69) is 61.3 Å². The summed E-state index contributed by atoms with van der Waals surface area (Å²) in [5, 5.41) is 7.75. The van der Waals surface area contributed by atoms with Crippen molar-refractivity contribution < 1.29 is 0 Å². The summed E-state index contributed by atoms with van der Waals surface area (Å²) in [7, 11) is 0. The van der Waals surface area contributed by atoms with Crippen molar-refractivity contribution in [3.8, 4) is 10.4 Å². The highest BCUT2D eigenvalue weighted by atomic mass is 79.9. The van der Waals surface area contributed by atoms with Crippen molar-refractivity contribution in [2.24, 2.45) is 0 Å². The molecule has 0 amide bonds. The molecule has 102 valence electrons. The second-order valence-corrected chi connectivity index (χ2v) is 7.16. The average Bonchev–Trinajstić information content (AvgIpc) is 3.09. The van der Waals surface area contributed by atoms with Gasteiger partial charge in [0.15, 0.2) is 0 Å². The predicted octanol–water partition coefficient (Wildman–Crippen LogP) is 5.55. The van der Waals surface area contributed by atoms with Gasteiger partial charge in [-0.1, -0.05) is 6.07 Å². The van der Waals surface area contributed by atoms with Crippen molar-refractivity contribution in [2.75, 3.05) is 5.32 Å². The lowest BCUT2D eigenvalue weighted by molar-refractivity contribution is 1.15. The molecular weight excluding hydrogens is 352 g/mol. The van der Waals surface area contributed by atoms with E-state index in [1.807, 2.05) is 13.1 Å². The molecule has 0 saturated carbocycles. The second kappa shape index (κ2) is 6.08. The van der Waals surface area contributed by atoms with Gasteiger partial charge >= 0.3 is 0 Å². The molecule has 3 heterocycles. The maximum absolute atomic E-state index is 4.30. The van der Waals surface area contributed by atoms with Crippen LogP contribution in [0.5, 0.6) is 0 Å². The zero-order valence-corrected chi connectivity index (χ0v) is 14.1. The molecule has 0 aliphatic heterocycles. The summed E-state index contributed by atoms with van der Waals surface area (Å²) in [5.74, 6) is 0. The van der Waals surface area contributed by atoms with E-state index in [0.29, 0.717) is 0 Å². The normalized spacial score (nSPS) is 10.7. The molecule has 3 rings (SSSR count). The fourth-order valence-electron chi connectivity index (χ4n) is 1.89. The number of rotatable bonds is 4. The number of nitrogens with one attached hydrogen (secondary N) is 1. The maximum atomic E-state index is 4.30. The third kappa shape index (κ3) is 3.11. The number of thiophene rings is 2. The Labute approximate surface area is 134 Å². The number of anilines is 1. The van der Waals surface area contributed by atoms with Crippen LogP contribution in [-0.2, 0) is 6.54 Å². The van der Waals surface area contributed by atoms with Gasteiger partial charge in [-0.2, -0.15) is 0 Å². The van der Waals surface area contributed by atoms with Gasteiger partial charge in [-0.05, 0) is 57.4 Å². The van der Waals surface area contributed by atoms with Crippen LogP contribution in [0.1, 0.15) is 10.4 Å². The molecule has 2 nitrogen and oxygen atoms in total. The second-order valence-electron chi connectivity index (χ2n) is 4.46. The summed E-state index contributed by atoms with van der Waals surface area (Å²) in [4.78, 5) is 6.95. The Morgan fingerprint density at radius 2 is 2.20 bits per heavy atom. The Bertz CT molecular complexity index is 704. The van der Waals surface area contributed by atoms with Crippen LogP contribution in [0.4, 0.5) is 5.69 Å². The Hall–Kier alpha value is -1.17. The van der Waals surface area contributed by atoms with E-state index in [1.165, 1.54) is 15.3 Å². The van der Waals surface area contributed by atoms with Crippen molar-refractivity contribution in [3.63, 3.8) is 0 Å². The lowest BCUT2D eigenvalue weighted by atomic mass is 10.2. The van der Waals surface area contributed by atoms with Gasteiger partial charge in [0.1, 0.15) is 4.60 Å². The van der Waals surface area contributed by atoms with Crippen LogP contribution < -0.4 is 5.32 Å². The Morgan fingerprint density at radius 3 is 2.95 bits per heavy atom. The lowest BCUT2D eigenvalue weighted by Crippen LogP contribution is -1.98. The first-order chi connectivity index (χ1) is 9.72. The first-order valence-electron chi connectivity index (χ1n) is 6.19. The van der Waals surface area contributed by atoms with Gasteiger partial charge in [-0.3, -0.25) is 0 Å². The van der Waals surface area contributed by atoms with Gasteiger partial charge in [-0.15, -0.1) is 22.7 Å². The zero-order valence-electron chi connectivity index (χ0n) is 10.9. The van der Waals surface area contributed by atoms with Crippen molar-refractivity contribution in [1.29, 1.82) is 0 Å². The standard InChI is InChI=1S/C15H13BrN2S2/c1-10-5-12(7-18-15(10)16)17-8-13-6-11(9-20-13)14-3-2-4-19-14/h2-7,9,17H,8H2,1H3. The van der Waals surface area contributed by atoms with E-state index in [-0.39, 0.29) is 0 Å². The minimum Gasteiger partial charge on any atom is -0.379 e. The van der Waals surface area contributed by atoms with Crippen LogP contribution in [0.2, 0.25) is 0 Å². The molecular formula is C15H13BrN2S2. The van der Waals surface area contributed by atoms with Gasteiger partial charge in [0.2, 0.25) is 0 Å². The number of nitrogens with zero attached hydrogens (tertiary/aromatic N) is 1. The molecule has 0 spiro atoms. The average molecular weight is 365 g/mol. The fraction of sp³-hybridized carbons (Fsp3) is 0.133. The molecule has 0 aliphatic rings. The van der Waals surface area contributed by atoms with Gasteiger partial charge in [0.25, 0.3) is 0 Å². The number of hydrogen-bond donors (Lipinski definition) is 1. The molecule has 0 fully saturated rings. The minimum absolute atomic E-state index is 0.832. The van der Waals surface area contributed by atoms with E-state index >= 15 is 0 Å². The van der Waals surface area contributed by atoms with Crippen LogP contribution >= 0.6 is 38.6 Å². The van der Waals surface area contributed by atoms with E-state index < -0.39 is 0 Å². The van der Waals surface area contributed by atoms with Gasteiger partial charge in [0, 0.05) is 21.9 Å². The Kier molecular flexibility index (Phi) is 4.19. The SMILES string of the molecule is Cc1cc(NCc2cc(-c3cccs3)cs2)cnc1Br. The predicted molar refractivity (Wildman–Crippen MR) is 91.6 cm³/mol. The summed E-state index contributed by atoms with van der Waals surface area (Å²) in [5.41, 5.74) is 3.50. The topological polar surface area (TPSA) is 24.9 Å². The minimum atomic E-state index is 0.832. The van der Waals surface area contributed by atoms with E-state index in [4.69, 9.17) is 0 Å². The van der Waals surface area contributed by atoms with E-state index in [0.717, 1.165) is 22.4 Å². The number of hydrogen-bond acceptors (Lipinski definition) is 4. The van der Waals surface area contributed by atoms with Crippen molar-refractivity contribution in [1.82, 2.24) is 4.98 Å². The smallest absolute Gasteiger partial charge is 0.109 e. The van der Waals surface area contributed by atoms with Crippen LogP contribution in [0.15, 0.2) is 45.8 Å². The molecule has 3 aromatic heterocycles. The molecule has 0 aromatic carbocycles. The maximum Gasteiger partial charge on any atom is 0.109 e. The van der Waals surface area contributed by atoms with Crippen LogP contribution in [0.25, 0.3) is 10.4 Å². The zero-order chi connectivity index (χ0) is 13.9. The molecule has 0 saturated heterocycles. The first-order valence-corrected chi connectivity index (χ1v) is 8.75. The highest BCUT2D eigenvalue weighted by Gasteiger charge is 2.04. The molecule has 0 aliphatic carbocycles. The summed E-state index contributed by atoms with van der Waals surface area (Å²) in [6.07, 6.45) is 1.85. The van der Waals surface area contributed by atoms with E-state index in [1.54, 1.807) is 22.7 Å². The van der Waals surface area contributed by atoms with Gasteiger partial charge in [0.05, 0.1) is 11.9 Å². The molecule has 0 unspecified atom stereocenters. The Balaban J connectivity index is 1.68. The van der Waals surface area contributed by atoms with Gasteiger partial charge in [-0.25, -0.2) is 4.98 Å². The highest BCUT2D eigenvalue weighted by molar-refractivity contribution is 9.10. The highest BCUT2D eigenvalue weighted by Crippen LogP contribution is 2.29. The molecule has 0 bridgehead atoms. The summed E-state index contributed by atoms with van der Waals surface area (Å²) in [6.45, 7) is 2.88. The van der Waals surface area contributed by atoms with Gasteiger partial charge < -0.3 is 5.32 Å². The molecule has 3 aromatic rings. The molecule has 5 heteroatoms. The molecule has 20 heavy (non-hydrogen) atoms. The largest absolute Gasteiger partial charge is 0.379 e. The van der Waals surface area contributed by atoms with Crippen molar-refractivity contribution in [2.45, 2.75) is 13.5 Å².